The normalized spacial score (nSPS) is 9.95. The molecule has 19 heavy (non-hydrogen) atoms. The number of anilines is 1. The van der Waals surface area contributed by atoms with Crippen molar-refractivity contribution < 1.29 is 19.4 Å². The molecular formula is C12H10N2O4S. The molecule has 0 bridgehead atoms. The van der Waals surface area contributed by atoms with Crippen LogP contribution in [0.3, 0.4) is 0 Å². The highest BCUT2D eigenvalue weighted by Crippen LogP contribution is 2.25. The molecule has 2 aromatic rings. The van der Waals surface area contributed by atoms with E-state index in [9.17, 15) is 9.59 Å². The van der Waals surface area contributed by atoms with Crippen LogP contribution in [-0.4, -0.2) is 29.1 Å². The maximum Gasteiger partial charge on any atom is 0.339 e. The number of aromatic nitrogens is 1. The van der Waals surface area contributed by atoms with E-state index in [-0.39, 0.29) is 11.4 Å². The number of carbonyl (C=O) groups is 2. The van der Waals surface area contributed by atoms with Gasteiger partial charge in [-0.2, -0.15) is 0 Å². The minimum atomic E-state index is -1.15. The van der Waals surface area contributed by atoms with E-state index in [1.807, 2.05) is 0 Å². The van der Waals surface area contributed by atoms with E-state index in [1.165, 1.54) is 36.8 Å². The van der Waals surface area contributed by atoms with Gasteiger partial charge in [0.15, 0.2) is 0 Å². The molecule has 0 aromatic carbocycles. The Labute approximate surface area is 112 Å². The number of carbonyl (C=O) groups excluding carboxylic acids is 1. The van der Waals surface area contributed by atoms with Gasteiger partial charge in [0.1, 0.15) is 22.0 Å². The summed E-state index contributed by atoms with van der Waals surface area (Å²) in [5.41, 5.74) is -0.0635. The third-order valence-electron chi connectivity index (χ3n) is 2.33. The Morgan fingerprint density at radius 2 is 2.21 bits per heavy atom. The van der Waals surface area contributed by atoms with Crippen molar-refractivity contribution in [1.82, 2.24) is 4.98 Å². The number of nitrogens with one attached hydrogen (secondary N) is 1. The Hall–Kier alpha value is -2.41. The van der Waals surface area contributed by atoms with Gasteiger partial charge in [-0.05, 0) is 23.6 Å². The molecule has 2 rings (SSSR count). The number of carboxylic acids is 1. The monoisotopic (exact) mass is 278 g/mol. The third kappa shape index (κ3) is 2.71. The van der Waals surface area contributed by atoms with Crippen LogP contribution in [0.5, 0.6) is 5.75 Å². The summed E-state index contributed by atoms with van der Waals surface area (Å²) in [6.07, 6.45) is 1.41. The van der Waals surface area contributed by atoms with Gasteiger partial charge in [-0.25, -0.2) is 9.78 Å². The van der Waals surface area contributed by atoms with Gasteiger partial charge in [-0.3, -0.25) is 4.79 Å². The summed E-state index contributed by atoms with van der Waals surface area (Å²) < 4.78 is 5.03. The van der Waals surface area contributed by atoms with Crippen LogP contribution in [0, 0.1) is 0 Å². The minimum Gasteiger partial charge on any atom is -0.495 e. The Balaban J connectivity index is 2.27. The summed E-state index contributed by atoms with van der Waals surface area (Å²) in [6.45, 7) is 0. The van der Waals surface area contributed by atoms with Gasteiger partial charge >= 0.3 is 5.97 Å². The predicted molar refractivity (Wildman–Crippen MR) is 70.0 cm³/mol. The van der Waals surface area contributed by atoms with E-state index < -0.39 is 11.9 Å². The first-order valence-electron chi connectivity index (χ1n) is 5.24. The van der Waals surface area contributed by atoms with Crippen LogP contribution in [0.25, 0.3) is 0 Å². The Bertz CT molecular complexity index is 624. The van der Waals surface area contributed by atoms with Gasteiger partial charge < -0.3 is 15.2 Å². The molecule has 0 saturated carbocycles. The molecule has 1 amide bonds. The van der Waals surface area contributed by atoms with Crippen molar-refractivity contribution in [3.63, 3.8) is 0 Å². The van der Waals surface area contributed by atoms with Crippen molar-refractivity contribution in [3.8, 4) is 5.75 Å². The number of nitrogens with zero attached hydrogens (tertiary/aromatic N) is 1. The summed E-state index contributed by atoms with van der Waals surface area (Å²) in [6, 6.07) is 4.53. The standard InChI is InChI=1S/C12H10N2O4S/c1-18-8-4-6-19-9(8)11(15)14-10-7(12(16)17)3-2-5-13-10/h2-6H,1H3,(H,16,17)(H,13,14,15). The number of pyridine rings is 1. The highest BCUT2D eigenvalue weighted by atomic mass is 32.1. The Kier molecular flexibility index (Phi) is 3.76. The lowest BCUT2D eigenvalue weighted by Gasteiger charge is -2.07. The van der Waals surface area contributed by atoms with E-state index in [4.69, 9.17) is 9.84 Å². The van der Waals surface area contributed by atoms with Crippen LogP contribution in [0.15, 0.2) is 29.8 Å². The number of rotatable bonds is 4. The predicted octanol–water partition coefficient (Wildman–Crippen LogP) is 2.10. The van der Waals surface area contributed by atoms with Gasteiger partial charge in [0.2, 0.25) is 0 Å². The number of hydrogen-bond donors (Lipinski definition) is 2. The molecule has 0 aliphatic heterocycles. The van der Waals surface area contributed by atoms with E-state index >= 15 is 0 Å². The fraction of sp³-hybridized carbons (Fsp3) is 0.0833. The first-order chi connectivity index (χ1) is 9.13. The van der Waals surface area contributed by atoms with Crippen molar-refractivity contribution in [3.05, 3.63) is 40.2 Å². The molecule has 0 fully saturated rings. The SMILES string of the molecule is COc1ccsc1C(=O)Nc1ncccc1C(=O)O. The highest BCUT2D eigenvalue weighted by molar-refractivity contribution is 7.12. The topological polar surface area (TPSA) is 88.5 Å². The summed E-state index contributed by atoms with van der Waals surface area (Å²) in [7, 11) is 1.46. The van der Waals surface area contributed by atoms with E-state index in [1.54, 1.807) is 11.4 Å². The quantitative estimate of drug-likeness (QED) is 0.894. The molecule has 0 radical (unpaired) electrons. The fourth-order valence-corrected chi connectivity index (χ4v) is 2.22. The summed E-state index contributed by atoms with van der Waals surface area (Å²) in [5.74, 6) is -1.15. The molecule has 0 atom stereocenters. The Morgan fingerprint density at radius 1 is 1.42 bits per heavy atom. The number of carboxylic acid groups (broad SMARTS) is 1. The molecule has 6 nitrogen and oxygen atoms in total. The molecule has 0 spiro atoms. The van der Waals surface area contributed by atoms with Crippen LogP contribution in [-0.2, 0) is 0 Å². The fourth-order valence-electron chi connectivity index (χ4n) is 1.47. The van der Waals surface area contributed by atoms with Crippen LogP contribution in [0.2, 0.25) is 0 Å². The smallest absolute Gasteiger partial charge is 0.339 e. The Morgan fingerprint density at radius 3 is 2.89 bits per heavy atom. The maximum absolute atomic E-state index is 12.0. The van der Waals surface area contributed by atoms with Crippen molar-refractivity contribution in [2.75, 3.05) is 12.4 Å². The lowest BCUT2D eigenvalue weighted by molar-refractivity contribution is 0.0697. The van der Waals surface area contributed by atoms with Crippen molar-refractivity contribution in [2.24, 2.45) is 0 Å². The van der Waals surface area contributed by atoms with Crippen molar-refractivity contribution in [1.29, 1.82) is 0 Å². The number of aromatic carboxylic acids is 1. The van der Waals surface area contributed by atoms with Crippen LogP contribution < -0.4 is 10.1 Å². The first kappa shape index (κ1) is 13.0. The summed E-state index contributed by atoms with van der Waals surface area (Å²) in [4.78, 5) is 27.2. The molecule has 0 aliphatic rings. The van der Waals surface area contributed by atoms with Gasteiger partial charge in [0, 0.05) is 6.20 Å². The second-order valence-electron chi connectivity index (χ2n) is 3.48. The van der Waals surface area contributed by atoms with Crippen LogP contribution in [0.4, 0.5) is 5.82 Å². The summed E-state index contributed by atoms with van der Waals surface area (Å²) >= 11 is 1.20. The molecule has 2 N–H and O–H groups in total. The number of ether oxygens (including phenoxy) is 1. The second-order valence-corrected chi connectivity index (χ2v) is 4.39. The van der Waals surface area contributed by atoms with E-state index in [0.717, 1.165) is 0 Å². The largest absolute Gasteiger partial charge is 0.495 e. The molecular weight excluding hydrogens is 268 g/mol. The highest BCUT2D eigenvalue weighted by Gasteiger charge is 2.18. The van der Waals surface area contributed by atoms with Crippen LogP contribution in [0.1, 0.15) is 20.0 Å². The zero-order valence-electron chi connectivity index (χ0n) is 9.91. The average Bonchev–Trinajstić information content (AvgIpc) is 2.87. The van der Waals surface area contributed by atoms with Gasteiger partial charge in [-0.1, -0.05) is 0 Å². The second kappa shape index (κ2) is 5.49. The van der Waals surface area contributed by atoms with Gasteiger partial charge in [-0.15, -0.1) is 11.3 Å². The summed E-state index contributed by atoms with van der Waals surface area (Å²) in [5, 5.41) is 13.2. The third-order valence-corrected chi connectivity index (χ3v) is 3.22. The molecule has 0 aliphatic carbocycles. The zero-order chi connectivity index (χ0) is 13.8. The molecule has 0 unspecified atom stereocenters. The number of hydrogen-bond acceptors (Lipinski definition) is 5. The molecule has 2 heterocycles. The number of amides is 1. The number of methoxy groups -OCH3 is 1. The van der Waals surface area contributed by atoms with Crippen molar-refractivity contribution >= 4 is 29.0 Å². The van der Waals surface area contributed by atoms with Gasteiger partial charge in [0.05, 0.1) is 7.11 Å². The lowest BCUT2D eigenvalue weighted by atomic mass is 10.2. The van der Waals surface area contributed by atoms with Gasteiger partial charge in [0.25, 0.3) is 5.91 Å². The maximum atomic E-state index is 12.0. The van der Waals surface area contributed by atoms with E-state index in [0.29, 0.717) is 10.6 Å². The zero-order valence-corrected chi connectivity index (χ0v) is 10.7. The molecule has 0 saturated heterocycles. The van der Waals surface area contributed by atoms with E-state index in [2.05, 4.69) is 10.3 Å². The number of thiophene rings is 1. The first-order valence-corrected chi connectivity index (χ1v) is 6.12. The molecule has 2 aromatic heterocycles. The molecule has 98 valence electrons. The average molecular weight is 278 g/mol. The molecule has 7 heteroatoms. The van der Waals surface area contributed by atoms with Crippen molar-refractivity contribution in [2.45, 2.75) is 0 Å². The minimum absolute atomic E-state index is 0.00968. The lowest BCUT2D eigenvalue weighted by Crippen LogP contribution is -2.15. The van der Waals surface area contributed by atoms with Crippen LogP contribution >= 0.6 is 11.3 Å².